The largest absolute Gasteiger partial charge is 0.443 e. The molecule has 0 aliphatic rings. The van der Waals surface area contributed by atoms with E-state index >= 15 is 0 Å². The van der Waals surface area contributed by atoms with Gasteiger partial charge in [0.1, 0.15) is 12.0 Å². The molecule has 0 spiro atoms. The fourth-order valence-corrected chi connectivity index (χ4v) is 2.27. The summed E-state index contributed by atoms with van der Waals surface area (Å²) in [4.78, 5) is 5.49. The van der Waals surface area contributed by atoms with Gasteiger partial charge >= 0.3 is 0 Å². The standard InChI is InChI=1S/C12H11N3OS/c1-9-5-13-15(6-9)7-10-8-16-12(14-10)11-3-2-4-17-11/h2-6,8H,7H2,1H3. The Morgan fingerprint density at radius 1 is 1.47 bits per heavy atom. The Bertz CT molecular complexity index is 609. The zero-order chi connectivity index (χ0) is 11.7. The van der Waals surface area contributed by atoms with E-state index < -0.39 is 0 Å². The summed E-state index contributed by atoms with van der Waals surface area (Å²) < 4.78 is 7.30. The van der Waals surface area contributed by atoms with Crippen LogP contribution in [0.4, 0.5) is 0 Å². The van der Waals surface area contributed by atoms with E-state index in [-0.39, 0.29) is 0 Å². The Labute approximate surface area is 103 Å². The second-order valence-electron chi connectivity index (χ2n) is 3.84. The maximum Gasteiger partial charge on any atom is 0.236 e. The normalized spacial score (nSPS) is 10.9. The van der Waals surface area contributed by atoms with E-state index in [0.717, 1.165) is 16.1 Å². The molecule has 3 rings (SSSR count). The molecule has 0 N–H and O–H groups in total. The van der Waals surface area contributed by atoms with Gasteiger partial charge in [-0.05, 0) is 23.9 Å². The molecule has 3 aromatic heterocycles. The minimum absolute atomic E-state index is 0.642. The first-order valence-electron chi connectivity index (χ1n) is 5.28. The third-order valence-corrected chi connectivity index (χ3v) is 3.23. The van der Waals surface area contributed by atoms with Gasteiger partial charge in [-0.3, -0.25) is 4.68 Å². The fourth-order valence-electron chi connectivity index (χ4n) is 1.61. The van der Waals surface area contributed by atoms with Crippen molar-refractivity contribution in [2.75, 3.05) is 0 Å². The lowest BCUT2D eigenvalue weighted by molar-refractivity contribution is 0.571. The molecule has 0 bridgehead atoms. The monoisotopic (exact) mass is 245 g/mol. The number of thiophene rings is 1. The molecule has 3 heterocycles. The minimum atomic E-state index is 0.642. The first kappa shape index (κ1) is 10.3. The number of aryl methyl sites for hydroxylation is 1. The molecule has 3 aromatic rings. The van der Waals surface area contributed by atoms with Crippen LogP contribution in [0.1, 0.15) is 11.3 Å². The van der Waals surface area contributed by atoms with Gasteiger partial charge in [-0.2, -0.15) is 5.10 Å². The number of nitrogens with zero attached hydrogens (tertiary/aromatic N) is 3. The quantitative estimate of drug-likeness (QED) is 0.712. The SMILES string of the molecule is Cc1cnn(Cc2coc(-c3cccs3)n2)c1. The van der Waals surface area contributed by atoms with Crippen LogP contribution in [-0.4, -0.2) is 14.8 Å². The fraction of sp³-hybridized carbons (Fsp3) is 0.167. The molecular formula is C12H11N3OS. The summed E-state index contributed by atoms with van der Waals surface area (Å²) in [5.74, 6) is 0.680. The van der Waals surface area contributed by atoms with E-state index in [4.69, 9.17) is 4.42 Å². The van der Waals surface area contributed by atoms with Crippen LogP contribution in [0.25, 0.3) is 10.8 Å². The van der Waals surface area contributed by atoms with E-state index in [1.807, 2.05) is 41.5 Å². The molecule has 0 aliphatic heterocycles. The molecule has 17 heavy (non-hydrogen) atoms. The van der Waals surface area contributed by atoms with Crippen molar-refractivity contribution in [3.8, 4) is 10.8 Å². The van der Waals surface area contributed by atoms with Crippen LogP contribution in [-0.2, 0) is 6.54 Å². The van der Waals surface area contributed by atoms with Crippen LogP contribution in [0.3, 0.4) is 0 Å². The summed E-state index contributed by atoms with van der Waals surface area (Å²) in [6.07, 6.45) is 5.51. The van der Waals surface area contributed by atoms with Gasteiger partial charge in [0.05, 0.1) is 17.6 Å². The highest BCUT2D eigenvalue weighted by Crippen LogP contribution is 2.23. The van der Waals surface area contributed by atoms with Gasteiger partial charge in [0.15, 0.2) is 0 Å². The van der Waals surface area contributed by atoms with Crippen molar-refractivity contribution >= 4 is 11.3 Å². The van der Waals surface area contributed by atoms with Crippen LogP contribution >= 0.6 is 11.3 Å². The summed E-state index contributed by atoms with van der Waals surface area (Å²) in [7, 11) is 0. The number of aromatic nitrogens is 3. The van der Waals surface area contributed by atoms with Crippen LogP contribution in [0.2, 0.25) is 0 Å². The average Bonchev–Trinajstić information content (AvgIpc) is 3.00. The number of hydrogen-bond acceptors (Lipinski definition) is 4. The van der Waals surface area contributed by atoms with Crippen molar-refractivity contribution in [2.45, 2.75) is 13.5 Å². The predicted molar refractivity (Wildman–Crippen MR) is 65.9 cm³/mol. The average molecular weight is 245 g/mol. The first-order valence-corrected chi connectivity index (χ1v) is 6.16. The molecule has 4 nitrogen and oxygen atoms in total. The van der Waals surface area contributed by atoms with Gasteiger partial charge in [-0.25, -0.2) is 4.98 Å². The van der Waals surface area contributed by atoms with Gasteiger partial charge in [0.25, 0.3) is 0 Å². The van der Waals surface area contributed by atoms with Crippen molar-refractivity contribution in [1.82, 2.24) is 14.8 Å². The Kier molecular flexibility index (Phi) is 2.53. The van der Waals surface area contributed by atoms with Crippen LogP contribution in [0, 0.1) is 6.92 Å². The molecule has 0 fully saturated rings. The second-order valence-corrected chi connectivity index (χ2v) is 4.78. The Morgan fingerprint density at radius 3 is 3.12 bits per heavy atom. The predicted octanol–water partition coefficient (Wildman–Crippen LogP) is 2.96. The topological polar surface area (TPSA) is 43.9 Å². The summed E-state index contributed by atoms with van der Waals surface area (Å²) >= 11 is 1.62. The van der Waals surface area contributed by atoms with Crippen molar-refractivity contribution in [2.24, 2.45) is 0 Å². The summed E-state index contributed by atoms with van der Waals surface area (Å²) in [6, 6.07) is 3.99. The Morgan fingerprint density at radius 2 is 2.41 bits per heavy atom. The number of oxazole rings is 1. The highest BCUT2D eigenvalue weighted by atomic mass is 32.1. The summed E-state index contributed by atoms with van der Waals surface area (Å²) in [5.41, 5.74) is 2.03. The molecule has 86 valence electrons. The van der Waals surface area contributed by atoms with Crippen molar-refractivity contribution < 1.29 is 4.42 Å². The smallest absolute Gasteiger partial charge is 0.236 e. The van der Waals surface area contributed by atoms with Gasteiger partial charge in [-0.1, -0.05) is 6.07 Å². The molecule has 0 aromatic carbocycles. The van der Waals surface area contributed by atoms with Gasteiger partial charge in [-0.15, -0.1) is 11.3 Å². The lowest BCUT2D eigenvalue weighted by Crippen LogP contribution is -1.99. The Hall–Kier alpha value is -1.88. The summed E-state index contributed by atoms with van der Waals surface area (Å²) in [6.45, 7) is 2.66. The highest BCUT2D eigenvalue weighted by Gasteiger charge is 2.08. The zero-order valence-corrected chi connectivity index (χ0v) is 10.1. The molecule has 0 radical (unpaired) electrons. The van der Waals surface area contributed by atoms with Gasteiger partial charge in [0.2, 0.25) is 5.89 Å². The third kappa shape index (κ3) is 2.14. The zero-order valence-electron chi connectivity index (χ0n) is 9.33. The third-order valence-electron chi connectivity index (χ3n) is 2.37. The maximum absolute atomic E-state index is 5.45. The minimum Gasteiger partial charge on any atom is -0.443 e. The lowest BCUT2D eigenvalue weighted by Gasteiger charge is -1.94. The van der Waals surface area contributed by atoms with E-state index in [0.29, 0.717) is 12.4 Å². The molecular weight excluding hydrogens is 234 g/mol. The molecule has 0 saturated heterocycles. The van der Waals surface area contributed by atoms with E-state index in [2.05, 4.69) is 10.1 Å². The van der Waals surface area contributed by atoms with Crippen LogP contribution in [0.15, 0.2) is 40.6 Å². The molecule has 0 atom stereocenters. The van der Waals surface area contributed by atoms with Crippen molar-refractivity contribution in [3.63, 3.8) is 0 Å². The Balaban J connectivity index is 1.81. The van der Waals surface area contributed by atoms with E-state index in [1.54, 1.807) is 17.6 Å². The van der Waals surface area contributed by atoms with Crippen LogP contribution < -0.4 is 0 Å². The second kappa shape index (κ2) is 4.18. The van der Waals surface area contributed by atoms with E-state index in [1.165, 1.54) is 0 Å². The van der Waals surface area contributed by atoms with Crippen molar-refractivity contribution in [3.05, 3.63) is 47.4 Å². The first-order chi connectivity index (χ1) is 8.31. The summed E-state index contributed by atoms with van der Waals surface area (Å²) in [5, 5.41) is 6.23. The van der Waals surface area contributed by atoms with Crippen LogP contribution in [0.5, 0.6) is 0 Å². The van der Waals surface area contributed by atoms with Gasteiger partial charge < -0.3 is 4.42 Å². The number of rotatable bonds is 3. The maximum atomic E-state index is 5.45. The number of hydrogen-bond donors (Lipinski definition) is 0. The highest BCUT2D eigenvalue weighted by molar-refractivity contribution is 7.13. The molecule has 0 unspecified atom stereocenters. The van der Waals surface area contributed by atoms with Gasteiger partial charge in [0, 0.05) is 6.20 Å². The molecule has 0 aliphatic carbocycles. The molecule has 5 heteroatoms. The molecule has 0 saturated carbocycles. The lowest BCUT2D eigenvalue weighted by atomic mass is 10.4. The van der Waals surface area contributed by atoms with E-state index in [9.17, 15) is 0 Å². The molecule has 0 amide bonds. The van der Waals surface area contributed by atoms with Crippen molar-refractivity contribution in [1.29, 1.82) is 0 Å².